The molecule has 1 aliphatic carbocycles. The number of Topliss-reactive ketones (excluding diaryl/α,β-unsaturated/α-hetero) is 1. The minimum atomic E-state index is 0.241. The first kappa shape index (κ1) is 8.48. The van der Waals surface area contributed by atoms with Crippen molar-refractivity contribution in [3.8, 4) is 0 Å². The largest absolute Gasteiger partial charge is 0.340 e. The molecule has 0 aliphatic heterocycles. The number of rotatable bonds is 2. The third-order valence-electron chi connectivity index (χ3n) is 2.74. The number of aromatic nitrogens is 2. The van der Waals surface area contributed by atoms with E-state index in [9.17, 15) is 4.79 Å². The van der Waals surface area contributed by atoms with E-state index < -0.39 is 0 Å². The number of imidazole rings is 1. The van der Waals surface area contributed by atoms with Gasteiger partial charge in [-0.05, 0) is 6.42 Å². The van der Waals surface area contributed by atoms with E-state index in [1.54, 1.807) is 6.33 Å². The van der Waals surface area contributed by atoms with Gasteiger partial charge in [0.15, 0.2) is 0 Å². The van der Waals surface area contributed by atoms with Crippen LogP contribution in [0, 0.1) is 11.8 Å². The number of carbonyl (C=O) groups is 1. The highest BCUT2D eigenvalue weighted by atomic mass is 16.1. The van der Waals surface area contributed by atoms with Crippen LogP contribution in [0.25, 0.3) is 0 Å². The zero-order valence-corrected chi connectivity index (χ0v) is 8.03. The van der Waals surface area contributed by atoms with Crippen molar-refractivity contribution in [2.45, 2.75) is 19.8 Å². The van der Waals surface area contributed by atoms with Crippen molar-refractivity contribution in [2.75, 3.05) is 0 Å². The van der Waals surface area contributed by atoms with Crippen molar-refractivity contribution in [3.05, 3.63) is 18.2 Å². The molecule has 1 aromatic rings. The van der Waals surface area contributed by atoms with E-state index in [4.69, 9.17) is 0 Å². The van der Waals surface area contributed by atoms with Crippen LogP contribution in [0.2, 0.25) is 0 Å². The van der Waals surface area contributed by atoms with Crippen LogP contribution in [0.15, 0.2) is 12.5 Å². The van der Waals surface area contributed by atoms with Crippen molar-refractivity contribution in [2.24, 2.45) is 18.9 Å². The minimum absolute atomic E-state index is 0.241. The van der Waals surface area contributed by atoms with Crippen LogP contribution in [0.1, 0.15) is 19.0 Å². The summed E-state index contributed by atoms with van der Waals surface area (Å²) in [6.07, 6.45) is 5.62. The monoisotopic (exact) mass is 178 g/mol. The molecule has 1 fully saturated rings. The van der Waals surface area contributed by atoms with E-state index >= 15 is 0 Å². The molecule has 1 aromatic heterocycles. The van der Waals surface area contributed by atoms with Crippen molar-refractivity contribution >= 4 is 5.78 Å². The third-order valence-corrected chi connectivity index (χ3v) is 2.74. The molecule has 70 valence electrons. The smallest absolute Gasteiger partial charge is 0.139 e. The molecular formula is C10H14N2O. The fraction of sp³-hybridized carbons (Fsp3) is 0.600. The Balaban J connectivity index is 1.96. The van der Waals surface area contributed by atoms with E-state index in [1.807, 2.05) is 24.7 Å². The summed E-state index contributed by atoms with van der Waals surface area (Å²) in [6.45, 7) is 2.00. The quantitative estimate of drug-likeness (QED) is 0.681. The van der Waals surface area contributed by atoms with E-state index in [0.29, 0.717) is 5.78 Å². The van der Waals surface area contributed by atoms with Crippen molar-refractivity contribution in [1.82, 2.24) is 9.55 Å². The molecule has 0 N–H and O–H groups in total. The first-order valence-electron chi connectivity index (χ1n) is 4.67. The zero-order chi connectivity index (χ0) is 9.42. The van der Waals surface area contributed by atoms with Crippen LogP contribution in [0.5, 0.6) is 0 Å². The van der Waals surface area contributed by atoms with Gasteiger partial charge in [0.2, 0.25) is 0 Å². The summed E-state index contributed by atoms with van der Waals surface area (Å²) in [6, 6.07) is 0. The molecule has 0 aromatic carbocycles. The average Bonchev–Trinajstić information content (AvgIpc) is 2.50. The second-order valence-electron chi connectivity index (χ2n) is 3.97. The van der Waals surface area contributed by atoms with Gasteiger partial charge in [-0.2, -0.15) is 0 Å². The van der Waals surface area contributed by atoms with Gasteiger partial charge in [-0.15, -0.1) is 0 Å². The Labute approximate surface area is 77.8 Å². The van der Waals surface area contributed by atoms with Crippen LogP contribution in [0.3, 0.4) is 0 Å². The predicted octanol–water partition coefficient (Wildman–Crippen LogP) is 1.19. The van der Waals surface area contributed by atoms with Crippen LogP contribution < -0.4 is 0 Å². The minimum Gasteiger partial charge on any atom is -0.340 e. The van der Waals surface area contributed by atoms with E-state index in [2.05, 4.69) is 4.98 Å². The Kier molecular flexibility index (Phi) is 1.94. The van der Waals surface area contributed by atoms with Crippen molar-refractivity contribution in [3.63, 3.8) is 0 Å². The molecule has 13 heavy (non-hydrogen) atoms. The highest BCUT2D eigenvalue weighted by Crippen LogP contribution is 2.31. The van der Waals surface area contributed by atoms with Gasteiger partial charge < -0.3 is 4.57 Å². The lowest BCUT2D eigenvalue weighted by Gasteiger charge is -2.30. The molecule has 1 heterocycles. The van der Waals surface area contributed by atoms with Crippen LogP contribution in [0.4, 0.5) is 0 Å². The van der Waals surface area contributed by atoms with Crippen molar-refractivity contribution in [1.29, 1.82) is 0 Å². The van der Waals surface area contributed by atoms with Gasteiger partial charge in [0.1, 0.15) is 5.78 Å². The summed E-state index contributed by atoms with van der Waals surface area (Å²) in [5.41, 5.74) is 1.03. The molecule has 1 aliphatic rings. The fourth-order valence-corrected chi connectivity index (χ4v) is 1.91. The second kappa shape index (κ2) is 2.98. The summed E-state index contributed by atoms with van der Waals surface area (Å²) in [4.78, 5) is 15.5. The zero-order valence-electron chi connectivity index (χ0n) is 8.03. The van der Waals surface area contributed by atoms with Gasteiger partial charge >= 0.3 is 0 Å². The number of hydrogen-bond acceptors (Lipinski definition) is 2. The molecular weight excluding hydrogens is 164 g/mol. The summed E-state index contributed by atoms with van der Waals surface area (Å²) in [5, 5.41) is 0. The molecule has 0 spiro atoms. The maximum Gasteiger partial charge on any atom is 0.139 e. The molecule has 3 nitrogen and oxygen atoms in total. The van der Waals surface area contributed by atoms with Gasteiger partial charge in [-0.3, -0.25) is 4.79 Å². The summed E-state index contributed by atoms with van der Waals surface area (Å²) in [5.74, 6) is 0.935. The maximum absolute atomic E-state index is 11.3. The van der Waals surface area contributed by atoms with Gasteiger partial charge in [0, 0.05) is 31.5 Å². The maximum atomic E-state index is 11.3. The Bertz CT molecular complexity index is 329. The van der Waals surface area contributed by atoms with Crippen LogP contribution in [-0.2, 0) is 18.3 Å². The van der Waals surface area contributed by atoms with Gasteiger partial charge in [0.05, 0.1) is 12.0 Å². The highest BCUT2D eigenvalue weighted by Gasteiger charge is 2.35. The van der Waals surface area contributed by atoms with E-state index in [1.165, 1.54) is 0 Å². The normalized spacial score (nSPS) is 27.4. The molecule has 0 saturated heterocycles. The number of nitrogens with zero attached hydrogens (tertiary/aromatic N) is 2. The molecule has 2 unspecified atom stereocenters. The molecule has 0 bridgehead atoms. The Hall–Kier alpha value is -1.12. The topological polar surface area (TPSA) is 34.9 Å². The molecule has 2 atom stereocenters. The Morgan fingerprint density at radius 1 is 1.69 bits per heavy atom. The third kappa shape index (κ3) is 1.50. The lowest BCUT2D eigenvalue weighted by atomic mass is 9.72. The predicted molar refractivity (Wildman–Crippen MR) is 49.2 cm³/mol. The number of aryl methyl sites for hydroxylation is 1. The van der Waals surface area contributed by atoms with Gasteiger partial charge in [-0.25, -0.2) is 4.98 Å². The fourth-order valence-electron chi connectivity index (χ4n) is 1.91. The summed E-state index contributed by atoms with van der Waals surface area (Å²) in [7, 11) is 1.95. The molecule has 2 rings (SSSR count). The van der Waals surface area contributed by atoms with Crippen molar-refractivity contribution < 1.29 is 4.79 Å². The molecule has 1 saturated carbocycles. The Morgan fingerprint density at radius 2 is 2.46 bits per heavy atom. The van der Waals surface area contributed by atoms with Gasteiger partial charge in [0.25, 0.3) is 0 Å². The highest BCUT2D eigenvalue weighted by molar-refractivity contribution is 5.88. The number of hydrogen-bond donors (Lipinski definition) is 0. The first-order valence-corrected chi connectivity index (χ1v) is 4.67. The standard InChI is InChI=1S/C10H14N2O/c1-7-3-8(10(7)13)4-9-5-12(2)6-11-9/h5-8H,3-4H2,1-2H3. The summed E-state index contributed by atoms with van der Waals surface area (Å²) >= 11 is 0. The Morgan fingerprint density at radius 3 is 2.92 bits per heavy atom. The lowest BCUT2D eigenvalue weighted by molar-refractivity contribution is -0.134. The van der Waals surface area contributed by atoms with Gasteiger partial charge in [-0.1, -0.05) is 6.92 Å². The molecule has 3 heteroatoms. The molecule has 0 radical (unpaired) electrons. The average molecular weight is 178 g/mol. The van der Waals surface area contributed by atoms with Crippen LogP contribution >= 0.6 is 0 Å². The lowest BCUT2D eigenvalue weighted by Crippen LogP contribution is -2.36. The van der Waals surface area contributed by atoms with Crippen LogP contribution in [-0.4, -0.2) is 15.3 Å². The SMILES string of the molecule is CC1CC(Cc2cn(C)cn2)C1=O. The van der Waals surface area contributed by atoms with E-state index in [-0.39, 0.29) is 11.8 Å². The number of carbonyl (C=O) groups excluding carboxylic acids is 1. The first-order chi connectivity index (χ1) is 6.16. The van der Waals surface area contributed by atoms with E-state index in [0.717, 1.165) is 18.5 Å². The molecule has 0 amide bonds. The second-order valence-corrected chi connectivity index (χ2v) is 3.97. The number of ketones is 1. The summed E-state index contributed by atoms with van der Waals surface area (Å²) < 4.78 is 1.92.